The standard InChI is InChI=1S/C28H18F2N4O3/c29-17-6-3-5-16(11-17)14-33-22-10-2-1-9-20(22)28(27(33)36)21(13-31)25(32)34(19-8-4-7-18(30)12-19)23-15-37-26(35)24(23)28/h1-12H,14-15,32H2/t28-/m1/s1. The lowest BCUT2D eigenvalue weighted by Crippen LogP contribution is -2.50. The lowest BCUT2D eigenvalue weighted by atomic mass is 9.67. The Bertz CT molecular complexity index is 1620. The normalized spacial score (nSPS) is 20.4. The lowest BCUT2D eigenvalue weighted by Gasteiger charge is -2.38. The van der Waals surface area contributed by atoms with Crippen LogP contribution < -0.4 is 15.5 Å². The van der Waals surface area contributed by atoms with Gasteiger partial charge < -0.3 is 15.4 Å². The average molecular weight is 496 g/mol. The monoisotopic (exact) mass is 496 g/mol. The number of para-hydroxylation sites is 1. The molecule has 0 saturated heterocycles. The molecule has 182 valence electrons. The molecular formula is C28H18F2N4O3. The van der Waals surface area contributed by atoms with Crippen LogP contribution in [0.2, 0.25) is 0 Å². The molecule has 0 radical (unpaired) electrons. The molecule has 9 heteroatoms. The highest BCUT2D eigenvalue weighted by Crippen LogP contribution is 2.56. The van der Waals surface area contributed by atoms with Gasteiger partial charge in [-0.25, -0.2) is 13.6 Å². The number of esters is 1. The summed E-state index contributed by atoms with van der Waals surface area (Å²) >= 11 is 0. The first-order valence-corrected chi connectivity index (χ1v) is 11.4. The minimum absolute atomic E-state index is 0.000752. The van der Waals surface area contributed by atoms with E-state index in [0.29, 0.717) is 16.8 Å². The van der Waals surface area contributed by atoms with Gasteiger partial charge in [0.25, 0.3) is 0 Å². The smallest absolute Gasteiger partial charge is 0.338 e. The zero-order chi connectivity index (χ0) is 25.9. The Hall–Kier alpha value is -4.97. The van der Waals surface area contributed by atoms with Gasteiger partial charge in [-0.2, -0.15) is 5.26 Å². The van der Waals surface area contributed by atoms with Crippen molar-refractivity contribution in [3.05, 3.63) is 118 Å². The molecule has 0 bridgehead atoms. The fourth-order valence-electron chi connectivity index (χ4n) is 5.48. The van der Waals surface area contributed by atoms with Crippen LogP contribution in [0.5, 0.6) is 0 Å². The molecule has 1 spiro atoms. The molecule has 3 aromatic carbocycles. The molecule has 37 heavy (non-hydrogen) atoms. The predicted molar refractivity (Wildman–Crippen MR) is 129 cm³/mol. The van der Waals surface area contributed by atoms with E-state index in [-0.39, 0.29) is 41.5 Å². The maximum Gasteiger partial charge on any atom is 0.338 e. The minimum Gasteiger partial charge on any atom is -0.456 e. The summed E-state index contributed by atoms with van der Waals surface area (Å²) in [7, 11) is 0. The Morgan fingerprint density at radius 1 is 1.00 bits per heavy atom. The summed E-state index contributed by atoms with van der Waals surface area (Å²) in [5.41, 5.74) is 6.38. The van der Waals surface area contributed by atoms with Crippen molar-refractivity contribution < 1.29 is 23.1 Å². The molecule has 3 heterocycles. The van der Waals surface area contributed by atoms with Crippen LogP contribution in [0.3, 0.4) is 0 Å². The summed E-state index contributed by atoms with van der Waals surface area (Å²) in [6.07, 6.45) is 0. The van der Waals surface area contributed by atoms with E-state index in [1.807, 2.05) is 0 Å². The topological polar surface area (TPSA) is 99.7 Å². The number of benzene rings is 3. The molecule has 7 nitrogen and oxygen atoms in total. The van der Waals surface area contributed by atoms with Gasteiger partial charge in [0, 0.05) is 11.3 Å². The predicted octanol–water partition coefficient (Wildman–Crippen LogP) is 3.77. The van der Waals surface area contributed by atoms with Crippen molar-refractivity contribution in [3.8, 4) is 6.07 Å². The maximum absolute atomic E-state index is 14.4. The molecule has 0 aliphatic carbocycles. The number of carbonyl (C=O) groups excluding carboxylic acids is 2. The Kier molecular flexibility index (Phi) is 4.88. The SMILES string of the molecule is N#CC1=C(N)N(c2cccc(F)c2)C2=C(C(=O)OC2)[C@]12C(=O)N(Cc1cccc(F)c1)c1ccccc12. The molecule has 2 N–H and O–H groups in total. The number of nitriles is 1. The van der Waals surface area contributed by atoms with Crippen LogP contribution in [0, 0.1) is 23.0 Å². The highest BCUT2D eigenvalue weighted by atomic mass is 19.1. The number of halogens is 2. The summed E-state index contributed by atoms with van der Waals surface area (Å²) in [4.78, 5) is 30.5. The summed E-state index contributed by atoms with van der Waals surface area (Å²) in [6, 6.07) is 20.2. The van der Waals surface area contributed by atoms with Gasteiger partial charge in [0.2, 0.25) is 5.91 Å². The molecule has 3 aliphatic rings. The number of rotatable bonds is 3. The molecule has 0 aromatic heterocycles. The zero-order valence-corrected chi connectivity index (χ0v) is 19.2. The van der Waals surface area contributed by atoms with Crippen molar-refractivity contribution in [2.45, 2.75) is 12.0 Å². The van der Waals surface area contributed by atoms with Crippen LogP contribution in [-0.4, -0.2) is 18.5 Å². The number of hydrogen-bond acceptors (Lipinski definition) is 6. The van der Waals surface area contributed by atoms with E-state index in [1.54, 1.807) is 36.4 Å². The molecule has 0 saturated carbocycles. The molecule has 0 unspecified atom stereocenters. The third kappa shape index (κ3) is 3.02. The minimum atomic E-state index is -1.87. The number of cyclic esters (lactones) is 1. The van der Waals surface area contributed by atoms with E-state index in [9.17, 15) is 23.6 Å². The quantitative estimate of drug-likeness (QED) is 0.554. The van der Waals surface area contributed by atoms with E-state index in [1.165, 1.54) is 46.2 Å². The van der Waals surface area contributed by atoms with Gasteiger partial charge in [-0.3, -0.25) is 9.69 Å². The second kappa shape index (κ2) is 8.03. The number of ether oxygens (including phenoxy) is 1. The number of carbonyl (C=O) groups is 2. The Morgan fingerprint density at radius 3 is 2.46 bits per heavy atom. The van der Waals surface area contributed by atoms with E-state index in [4.69, 9.17) is 10.5 Å². The highest BCUT2D eigenvalue weighted by Gasteiger charge is 2.63. The Labute approximate surface area is 210 Å². The number of nitrogens with two attached hydrogens (primary N) is 1. The van der Waals surface area contributed by atoms with Crippen LogP contribution in [0.1, 0.15) is 11.1 Å². The second-order valence-corrected chi connectivity index (χ2v) is 8.87. The summed E-state index contributed by atoms with van der Waals surface area (Å²) in [6.45, 7) is -0.218. The van der Waals surface area contributed by atoms with Crippen molar-refractivity contribution in [1.82, 2.24) is 0 Å². The first-order chi connectivity index (χ1) is 17.9. The molecular weight excluding hydrogens is 478 g/mol. The van der Waals surface area contributed by atoms with Gasteiger partial charge in [0.05, 0.1) is 29.1 Å². The molecule has 0 fully saturated rings. The fraction of sp³-hybridized carbons (Fsp3) is 0.107. The zero-order valence-electron chi connectivity index (χ0n) is 19.2. The van der Waals surface area contributed by atoms with Crippen LogP contribution in [0.15, 0.2) is 95.5 Å². The Morgan fingerprint density at radius 2 is 1.73 bits per heavy atom. The first-order valence-electron chi connectivity index (χ1n) is 11.4. The number of amides is 1. The third-order valence-corrected chi connectivity index (χ3v) is 6.92. The van der Waals surface area contributed by atoms with Crippen LogP contribution in [-0.2, 0) is 26.3 Å². The molecule has 1 amide bonds. The maximum atomic E-state index is 14.4. The van der Waals surface area contributed by atoms with Gasteiger partial charge in [-0.1, -0.05) is 36.4 Å². The van der Waals surface area contributed by atoms with Crippen molar-refractivity contribution in [2.24, 2.45) is 5.73 Å². The van der Waals surface area contributed by atoms with Crippen molar-refractivity contribution in [2.75, 3.05) is 16.4 Å². The number of nitrogens with zero attached hydrogens (tertiary/aromatic N) is 3. The largest absolute Gasteiger partial charge is 0.456 e. The summed E-state index contributed by atoms with van der Waals surface area (Å²) in [5.74, 6) is -2.46. The Balaban J connectivity index is 1.61. The second-order valence-electron chi connectivity index (χ2n) is 8.87. The van der Waals surface area contributed by atoms with Crippen LogP contribution in [0.25, 0.3) is 0 Å². The third-order valence-electron chi connectivity index (χ3n) is 6.92. The van der Waals surface area contributed by atoms with E-state index >= 15 is 0 Å². The van der Waals surface area contributed by atoms with Gasteiger partial charge in [-0.15, -0.1) is 0 Å². The van der Waals surface area contributed by atoms with Crippen molar-refractivity contribution >= 4 is 23.3 Å². The summed E-state index contributed by atoms with van der Waals surface area (Å²) in [5, 5.41) is 10.4. The van der Waals surface area contributed by atoms with E-state index in [0.717, 1.165) is 0 Å². The molecule has 3 aromatic rings. The van der Waals surface area contributed by atoms with Gasteiger partial charge in [-0.05, 0) is 42.0 Å². The van der Waals surface area contributed by atoms with Crippen molar-refractivity contribution in [1.29, 1.82) is 5.26 Å². The van der Waals surface area contributed by atoms with E-state index < -0.39 is 28.9 Å². The molecule has 1 atom stereocenters. The van der Waals surface area contributed by atoms with Crippen molar-refractivity contribution in [3.63, 3.8) is 0 Å². The summed E-state index contributed by atoms with van der Waals surface area (Å²) < 4.78 is 33.5. The fourth-order valence-corrected chi connectivity index (χ4v) is 5.48. The number of anilines is 2. The average Bonchev–Trinajstić information content (AvgIpc) is 3.37. The van der Waals surface area contributed by atoms with Gasteiger partial charge in [0.1, 0.15) is 35.5 Å². The van der Waals surface area contributed by atoms with Gasteiger partial charge in [0.15, 0.2) is 0 Å². The first kappa shape index (κ1) is 22.5. The van der Waals surface area contributed by atoms with E-state index in [2.05, 4.69) is 6.07 Å². The van der Waals surface area contributed by atoms with Crippen LogP contribution >= 0.6 is 0 Å². The number of hydrogen-bond donors (Lipinski definition) is 1. The highest BCUT2D eigenvalue weighted by molar-refractivity contribution is 6.19. The lowest BCUT2D eigenvalue weighted by molar-refractivity contribution is -0.137. The molecule has 3 aliphatic heterocycles. The molecule has 6 rings (SSSR count). The number of fused-ring (bicyclic) bond motifs is 3. The van der Waals surface area contributed by atoms with Gasteiger partial charge >= 0.3 is 5.97 Å². The van der Waals surface area contributed by atoms with Crippen LogP contribution in [0.4, 0.5) is 20.2 Å².